The van der Waals surface area contributed by atoms with Crippen LogP contribution in [0, 0.1) is 15.5 Å². The van der Waals surface area contributed by atoms with Gasteiger partial charge in [-0.05, 0) is 30.7 Å². The van der Waals surface area contributed by atoms with Crippen molar-refractivity contribution >= 4 is 21.4 Å². The molecular formula is C12H17N3O5S. The minimum Gasteiger partial charge on any atom is -0.396 e. The second kappa shape index (κ2) is 5.58. The first-order valence-corrected chi connectivity index (χ1v) is 7.98. The lowest BCUT2D eigenvalue weighted by Crippen LogP contribution is -2.20. The Hall–Kier alpha value is -1.71. The van der Waals surface area contributed by atoms with Gasteiger partial charge in [0.25, 0.3) is 5.69 Å². The van der Waals surface area contributed by atoms with Crippen LogP contribution in [-0.2, 0) is 10.0 Å². The van der Waals surface area contributed by atoms with E-state index < -0.39 is 14.9 Å². The Morgan fingerprint density at radius 3 is 2.57 bits per heavy atom. The highest BCUT2D eigenvalue weighted by Gasteiger charge is 2.41. The van der Waals surface area contributed by atoms with E-state index in [1.807, 2.05) is 0 Å². The summed E-state index contributed by atoms with van der Waals surface area (Å²) in [6, 6.07) is 3.39. The zero-order valence-electron chi connectivity index (χ0n) is 11.3. The molecule has 9 heteroatoms. The third-order valence-electron chi connectivity index (χ3n) is 3.73. The van der Waals surface area contributed by atoms with Crippen LogP contribution in [0.3, 0.4) is 0 Å². The van der Waals surface area contributed by atoms with E-state index in [0.29, 0.717) is 13.0 Å². The lowest BCUT2D eigenvalue weighted by molar-refractivity contribution is -0.384. The molecule has 0 heterocycles. The van der Waals surface area contributed by atoms with Gasteiger partial charge in [0, 0.05) is 25.3 Å². The van der Waals surface area contributed by atoms with Crippen LogP contribution in [0.4, 0.5) is 11.4 Å². The van der Waals surface area contributed by atoms with E-state index in [4.69, 9.17) is 10.2 Å². The third-order valence-corrected chi connectivity index (χ3v) is 4.70. The predicted octanol–water partition coefficient (Wildman–Crippen LogP) is 0.817. The molecule has 21 heavy (non-hydrogen) atoms. The number of nitro benzene ring substituents is 1. The van der Waals surface area contributed by atoms with Gasteiger partial charge in [-0.25, -0.2) is 13.6 Å². The summed E-state index contributed by atoms with van der Waals surface area (Å²) in [7, 11) is -3.97. The molecule has 1 aliphatic carbocycles. The van der Waals surface area contributed by atoms with E-state index in [1.54, 1.807) is 0 Å². The minimum absolute atomic E-state index is 0.0542. The summed E-state index contributed by atoms with van der Waals surface area (Å²) < 4.78 is 23.1. The van der Waals surface area contributed by atoms with Gasteiger partial charge in [0.15, 0.2) is 0 Å². The van der Waals surface area contributed by atoms with E-state index in [9.17, 15) is 18.5 Å². The monoisotopic (exact) mass is 315 g/mol. The fourth-order valence-corrected chi connectivity index (χ4v) is 2.92. The van der Waals surface area contributed by atoms with Crippen molar-refractivity contribution in [2.75, 3.05) is 18.5 Å². The maximum atomic E-state index is 11.5. The molecule has 1 aromatic carbocycles. The molecule has 0 aliphatic heterocycles. The number of nitrogens with zero attached hydrogens (tertiary/aromatic N) is 1. The molecule has 0 saturated heterocycles. The Balaban J connectivity index is 2.27. The largest absolute Gasteiger partial charge is 0.396 e. The Labute approximate surface area is 122 Å². The highest BCUT2D eigenvalue weighted by molar-refractivity contribution is 7.89. The maximum absolute atomic E-state index is 11.5. The fraction of sp³-hybridized carbons (Fsp3) is 0.500. The highest BCUT2D eigenvalue weighted by atomic mass is 32.2. The molecule has 4 N–H and O–H groups in total. The van der Waals surface area contributed by atoms with Crippen molar-refractivity contribution in [1.82, 2.24) is 0 Å². The fourth-order valence-electron chi connectivity index (χ4n) is 2.23. The zero-order chi connectivity index (χ0) is 15.7. The summed E-state index contributed by atoms with van der Waals surface area (Å²) in [5.41, 5.74) is -0.150. The number of primary sulfonamides is 1. The Bertz CT molecular complexity index is 655. The summed E-state index contributed by atoms with van der Waals surface area (Å²) in [4.78, 5) is 10.0. The van der Waals surface area contributed by atoms with Crippen molar-refractivity contribution < 1.29 is 18.4 Å². The topological polar surface area (TPSA) is 136 Å². The van der Waals surface area contributed by atoms with E-state index in [2.05, 4.69) is 5.32 Å². The first-order valence-electron chi connectivity index (χ1n) is 6.43. The molecule has 1 aromatic rings. The molecule has 0 unspecified atom stereocenters. The average molecular weight is 315 g/mol. The summed E-state index contributed by atoms with van der Waals surface area (Å²) in [6.45, 7) is 0.496. The van der Waals surface area contributed by atoms with Crippen molar-refractivity contribution in [2.45, 2.75) is 24.2 Å². The zero-order valence-corrected chi connectivity index (χ0v) is 12.1. The first kappa shape index (κ1) is 15.7. The van der Waals surface area contributed by atoms with Crippen LogP contribution >= 0.6 is 0 Å². The summed E-state index contributed by atoms with van der Waals surface area (Å²) in [5.74, 6) is 0. The number of anilines is 1. The number of non-ortho nitro benzene ring substituents is 1. The Morgan fingerprint density at radius 2 is 2.10 bits per heavy atom. The van der Waals surface area contributed by atoms with Crippen LogP contribution in [0.15, 0.2) is 23.1 Å². The number of aliphatic hydroxyl groups is 1. The molecule has 1 fully saturated rings. The molecule has 0 amide bonds. The Morgan fingerprint density at radius 1 is 1.43 bits per heavy atom. The molecule has 1 saturated carbocycles. The number of nitrogens with two attached hydrogens (primary N) is 1. The SMILES string of the molecule is NS(=O)(=O)c1ccc([N+](=O)[O-])cc1NCC1(CCO)CC1. The van der Waals surface area contributed by atoms with Gasteiger partial charge < -0.3 is 10.4 Å². The maximum Gasteiger partial charge on any atom is 0.271 e. The molecule has 0 radical (unpaired) electrons. The van der Waals surface area contributed by atoms with Crippen molar-refractivity contribution in [3.8, 4) is 0 Å². The molecule has 0 atom stereocenters. The molecule has 8 nitrogen and oxygen atoms in total. The van der Waals surface area contributed by atoms with Gasteiger partial charge >= 0.3 is 0 Å². The number of hydrogen-bond acceptors (Lipinski definition) is 6. The predicted molar refractivity (Wildman–Crippen MR) is 76.3 cm³/mol. The van der Waals surface area contributed by atoms with Crippen LogP contribution in [-0.4, -0.2) is 31.6 Å². The lowest BCUT2D eigenvalue weighted by Gasteiger charge is -2.17. The van der Waals surface area contributed by atoms with E-state index in [-0.39, 0.29) is 28.3 Å². The highest BCUT2D eigenvalue weighted by Crippen LogP contribution is 2.48. The molecule has 0 spiro atoms. The number of rotatable bonds is 7. The number of sulfonamides is 1. The van der Waals surface area contributed by atoms with Gasteiger partial charge in [0.05, 0.1) is 10.6 Å². The van der Waals surface area contributed by atoms with Crippen LogP contribution in [0.2, 0.25) is 0 Å². The molecular weight excluding hydrogens is 298 g/mol. The van der Waals surface area contributed by atoms with Crippen LogP contribution < -0.4 is 10.5 Å². The van der Waals surface area contributed by atoms with Gasteiger partial charge in [-0.1, -0.05) is 0 Å². The van der Waals surface area contributed by atoms with Crippen LogP contribution in [0.5, 0.6) is 0 Å². The molecule has 0 aromatic heterocycles. The van der Waals surface area contributed by atoms with E-state index in [0.717, 1.165) is 31.0 Å². The molecule has 2 rings (SSSR count). The summed E-state index contributed by atoms with van der Waals surface area (Å²) in [5, 5.41) is 27.8. The van der Waals surface area contributed by atoms with Gasteiger partial charge in [0.1, 0.15) is 4.90 Å². The van der Waals surface area contributed by atoms with Gasteiger partial charge in [0.2, 0.25) is 10.0 Å². The van der Waals surface area contributed by atoms with Crippen molar-refractivity contribution in [3.63, 3.8) is 0 Å². The quantitative estimate of drug-likeness (QED) is 0.503. The smallest absolute Gasteiger partial charge is 0.271 e. The minimum atomic E-state index is -3.97. The van der Waals surface area contributed by atoms with E-state index >= 15 is 0 Å². The van der Waals surface area contributed by atoms with Crippen molar-refractivity contribution in [1.29, 1.82) is 0 Å². The second-order valence-electron chi connectivity index (χ2n) is 5.31. The van der Waals surface area contributed by atoms with Crippen LogP contribution in [0.25, 0.3) is 0 Å². The number of hydrogen-bond donors (Lipinski definition) is 3. The van der Waals surface area contributed by atoms with Crippen LogP contribution in [0.1, 0.15) is 19.3 Å². The number of nitro groups is 1. The standard InChI is InChI=1S/C12H17N3O5S/c13-21(19,20)11-2-1-9(15(17)18)7-10(11)14-8-12(3-4-12)5-6-16/h1-2,7,14,16H,3-6,8H2,(H2,13,19,20). The number of benzene rings is 1. The lowest BCUT2D eigenvalue weighted by atomic mass is 10.0. The first-order chi connectivity index (χ1) is 9.77. The molecule has 0 bridgehead atoms. The van der Waals surface area contributed by atoms with Gasteiger partial charge in [-0.2, -0.15) is 0 Å². The summed E-state index contributed by atoms with van der Waals surface area (Å²) in [6.07, 6.45) is 2.47. The van der Waals surface area contributed by atoms with Gasteiger partial charge in [-0.3, -0.25) is 10.1 Å². The summed E-state index contributed by atoms with van der Waals surface area (Å²) >= 11 is 0. The third kappa shape index (κ3) is 3.69. The number of aliphatic hydroxyl groups excluding tert-OH is 1. The normalized spacial score (nSPS) is 16.5. The van der Waals surface area contributed by atoms with E-state index in [1.165, 1.54) is 0 Å². The molecule has 116 valence electrons. The second-order valence-corrected chi connectivity index (χ2v) is 6.84. The Kier molecular flexibility index (Phi) is 4.17. The molecule has 1 aliphatic rings. The number of nitrogens with one attached hydrogen (secondary N) is 1. The van der Waals surface area contributed by atoms with Crippen molar-refractivity contribution in [3.05, 3.63) is 28.3 Å². The van der Waals surface area contributed by atoms with Gasteiger partial charge in [-0.15, -0.1) is 0 Å². The van der Waals surface area contributed by atoms with Crippen molar-refractivity contribution in [2.24, 2.45) is 10.6 Å². The average Bonchev–Trinajstić information content (AvgIpc) is 3.15.